The zero-order valence-electron chi connectivity index (χ0n) is 8.29. The fourth-order valence-electron chi connectivity index (χ4n) is 1.26. The maximum Gasteiger partial charge on any atom is 0.332 e. The first-order chi connectivity index (χ1) is 6.68. The number of hydrogen-bond donors (Lipinski definition) is 2. The quantitative estimate of drug-likeness (QED) is 0.520. The van der Waals surface area contributed by atoms with Crippen LogP contribution in [-0.2, 0) is 0 Å². The predicted octanol–water partition coefficient (Wildman–Crippen LogP) is 1.70. The molecular weight excluding hydrogens is 178 g/mol. The van der Waals surface area contributed by atoms with Crippen molar-refractivity contribution < 1.29 is 4.79 Å². The lowest BCUT2D eigenvalue weighted by Crippen LogP contribution is -2.25. The summed E-state index contributed by atoms with van der Waals surface area (Å²) in [5.74, 6) is 0. The highest BCUT2D eigenvalue weighted by atomic mass is 16.2. The molecule has 1 aliphatic carbocycles. The zero-order chi connectivity index (χ0) is 10.4. The molecule has 0 fully saturated rings. The van der Waals surface area contributed by atoms with Crippen LogP contribution in [0.5, 0.6) is 0 Å². The summed E-state index contributed by atoms with van der Waals surface area (Å²) in [4.78, 5) is 10.3. The Hall–Kier alpha value is -1.58. The van der Waals surface area contributed by atoms with Crippen LogP contribution in [0.1, 0.15) is 26.2 Å². The Labute approximate surface area is 83.6 Å². The number of carbonyl (C=O) groups is 1. The molecule has 2 amide bonds. The van der Waals surface area contributed by atoms with Gasteiger partial charge < -0.3 is 5.73 Å². The lowest BCUT2D eigenvalue weighted by atomic mass is 10.2. The number of amides is 2. The third-order valence-electron chi connectivity index (χ3n) is 1.96. The van der Waals surface area contributed by atoms with Gasteiger partial charge in [-0.3, -0.25) is 0 Å². The van der Waals surface area contributed by atoms with Gasteiger partial charge in [-0.25, -0.2) is 10.2 Å². The maximum atomic E-state index is 10.3. The van der Waals surface area contributed by atoms with Crippen molar-refractivity contribution in [2.24, 2.45) is 10.8 Å². The third kappa shape index (κ3) is 3.89. The first-order valence-electron chi connectivity index (χ1n) is 4.65. The van der Waals surface area contributed by atoms with Crippen LogP contribution in [0, 0.1) is 0 Å². The molecule has 1 aliphatic rings. The number of carbonyl (C=O) groups excluding carboxylic acids is 1. The number of nitrogens with one attached hydrogen (secondary N) is 1. The van der Waals surface area contributed by atoms with Crippen LogP contribution >= 0.6 is 0 Å². The van der Waals surface area contributed by atoms with Crippen molar-refractivity contribution in [3.05, 3.63) is 23.8 Å². The van der Waals surface area contributed by atoms with Gasteiger partial charge in [0.05, 0.1) is 5.71 Å². The minimum absolute atomic E-state index is 0.641. The molecule has 0 spiro atoms. The minimum Gasteiger partial charge on any atom is -0.350 e. The lowest BCUT2D eigenvalue weighted by Gasteiger charge is -1.94. The van der Waals surface area contributed by atoms with Gasteiger partial charge in [0.2, 0.25) is 0 Å². The molecule has 4 heteroatoms. The van der Waals surface area contributed by atoms with E-state index in [1.54, 1.807) is 0 Å². The van der Waals surface area contributed by atoms with Crippen LogP contribution in [0.3, 0.4) is 0 Å². The van der Waals surface area contributed by atoms with Gasteiger partial charge in [0.1, 0.15) is 0 Å². The molecule has 76 valence electrons. The molecule has 0 bridgehead atoms. The Bertz CT molecular complexity index is 302. The third-order valence-corrected chi connectivity index (χ3v) is 1.96. The molecule has 14 heavy (non-hydrogen) atoms. The highest BCUT2D eigenvalue weighted by Gasteiger charge is 1.99. The van der Waals surface area contributed by atoms with Crippen LogP contribution in [0.25, 0.3) is 0 Å². The summed E-state index contributed by atoms with van der Waals surface area (Å²) in [5, 5.41) is 3.76. The summed E-state index contributed by atoms with van der Waals surface area (Å²) in [6, 6.07) is -0.641. The van der Waals surface area contributed by atoms with Crippen molar-refractivity contribution in [3.8, 4) is 0 Å². The van der Waals surface area contributed by atoms with E-state index in [-0.39, 0.29) is 0 Å². The van der Waals surface area contributed by atoms with E-state index in [2.05, 4.69) is 16.6 Å². The monoisotopic (exact) mass is 193 g/mol. The summed E-state index contributed by atoms with van der Waals surface area (Å²) < 4.78 is 0. The van der Waals surface area contributed by atoms with Crippen LogP contribution in [0.2, 0.25) is 0 Å². The predicted molar refractivity (Wildman–Crippen MR) is 56.9 cm³/mol. The van der Waals surface area contributed by atoms with Crippen molar-refractivity contribution >= 4 is 11.7 Å². The van der Waals surface area contributed by atoms with E-state index in [1.165, 1.54) is 12.0 Å². The topological polar surface area (TPSA) is 67.5 Å². The highest BCUT2D eigenvalue weighted by Crippen LogP contribution is 2.18. The van der Waals surface area contributed by atoms with Crippen molar-refractivity contribution in [3.63, 3.8) is 0 Å². The fourth-order valence-corrected chi connectivity index (χ4v) is 1.26. The molecule has 1 rings (SSSR count). The van der Waals surface area contributed by atoms with Crippen LogP contribution < -0.4 is 11.2 Å². The van der Waals surface area contributed by atoms with E-state index in [9.17, 15) is 4.79 Å². The molecule has 4 nitrogen and oxygen atoms in total. The average Bonchev–Trinajstić information content (AvgIpc) is 2.63. The van der Waals surface area contributed by atoms with Crippen molar-refractivity contribution in [1.29, 1.82) is 0 Å². The van der Waals surface area contributed by atoms with Crippen molar-refractivity contribution in [1.82, 2.24) is 5.43 Å². The lowest BCUT2D eigenvalue weighted by molar-refractivity contribution is 0.249. The molecule has 0 aromatic rings. The van der Waals surface area contributed by atoms with Crippen LogP contribution in [-0.4, -0.2) is 11.7 Å². The Balaban J connectivity index is 2.42. The van der Waals surface area contributed by atoms with Crippen molar-refractivity contribution in [2.45, 2.75) is 26.2 Å². The van der Waals surface area contributed by atoms with E-state index in [1.807, 2.05) is 19.1 Å². The Kier molecular flexibility index (Phi) is 3.91. The highest BCUT2D eigenvalue weighted by molar-refractivity contribution is 5.93. The number of primary amides is 1. The average molecular weight is 193 g/mol. The number of hydrogen-bond acceptors (Lipinski definition) is 2. The first kappa shape index (κ1) is 10.5. The summed E-state index contributed by atoms with van der Waals surface area (Å²) in [5.41, 5.74) is 9.11. The molecule has 0 radical (unpaired) electrons. The summed E-state index contributed by atoms with van der Waals surface area (Å²) in [6.07, 6.45) is 9.63. The number of allylic oxidation sites excluding steroid dienone is 4. The van der Waals surface area contributed by atoms with Gasteiger partial charge >= 0.3 is 6.03 Å². The molecule has 0 unspecified atom stereocenters. The Morgan fingerprint density at radius 2 is 2.50 bits per heavy atom. The second-order valence-corrected chi connectivity index (χ2v) is 3.23. The summed E-state index contributed by atoms with van der Waals surface area (Å²) in [7, 11) is 0. The number of hydrazone groups is 1. The zero-order valence-corrected chi connectivity index (χ0v) is 8.29. The molecule has 0 aliphatic heterocycles. The molecule has 0 saturated heterocycles. The maximum absolute atomic E-state index is 10.3. The second-order valence-electron chi connectivity index (χ2n) is 3.23. The number of nitrogens with zero attached hydrogens (tertiary/aromatic N) is 1. The van der Waals surface area contributed by atoms with E-state index in [0.717, 1.165) is 18.6 Å². The molecular formula is C10H15N3O. The summed E-state index contributed by atoms with van der Waals surface area (Å²) >= 11 is 0. The fraction of sp³-hybridized carbons (Fsp3) is 0.400. The van der Waals surface area contributed by atoms with Gasteiger partial charge in [0.15, 0.2) is 0 Å². The standard InChI is InChI=1S/C10H15N3O/c1-8(12-13-10(11)14)6-7-9-4-2-3-5-9/h4,6-7H,2-3,5H2,1H3,(H3,11,13,14)/b7-6+,12-8-. The molecule has 0 atom stereocenters. The van der Waals surface area contributed by atoms with Gasteiger partial charge in [-0.2, -0.15) is 5.10 Å². The summed E-state index contributed by atoms with van der Waals surface area (Å²) in [6.45, 7) is 1.81. The van der Waals surface area contributed by atoms with Gasteiger partial charge in [0.25, 0.3) is 0 Å². The molecule has 0 saturated carbocycles. The number of urea groups is 1. The van der Waals surface area contributed by atoms with Crippen molar-refractivity contribution in [2.75, 3.05) is 0 Å². The van der Waals surface area contributed by atoms with Crippen LogP contribution in [0.15, 0.2) is 28.9 Å². The normalized spacial score (nSPS) is 17.2. The SMILES string of the molecule is CC(/C=C/C1=CCCC1)=N/NC(N)=O. The molecule has 0 aromatic carbocycles. The van der Waals surface area contributed by atoms with E-state index >= 15 is 0 Å². The number of rotatable bonds is 3. The van der Waals surface area contributed by atoms with E-state index in [4.69, 9.17) is 5.73 Å². The Morgan fingerprint density at radius 3 is 3.07 bits per heavy atom. The minimum atomic E-state index is -0.641. The Morgan fingerprint density at radius 1 is 1.71 bits per heavy atom. The first-order valence-corrected chi connectivity index (χ1v) is 4.65. The largest absolute Gasteiger partial charge is 0.350 e. The van der Waals surface area contributed by atoms with Crippen LogP contribution in [0.4, 0.5) is 4.79 Å². The number of nitrogens with two attached hydrogens (primary N) is 1. The van der Waals surface area contributed by atoms with Gasteiger partial charge in [-0.15, -0.1) is 0 Å². The van der Waals surface area contributed by atoms with Gasteiger partial charge in [-0.1, -0.05) is 17.7 Å². The van der Waals surface area contributed by atoms with Gasteiger partial charge in [-0.05, 0) is 32.3 Å². The van der Waals surface area contributed by atoms with E-state index < -0.39 is 6.03 Å². The smallest absolute Gasteiger partial charge is 0.332 e. The van der Waals surface area contributed by atoms with Gasteiger partial charge in [0, 0.05) is 0 Å². The van der Waals surface area contributed by atoms with E-state index in [0.29, 0.717) is 0 Å². The molecule has 3 N–H and O–H groups in total. The molecule has 0 heterocycles. The molecule has 0 aromatic heterocycles. The second kappa shape index (κ2) is 5.21.